The molecule has 3 aromatic carbocycles. The topological polar surface area (TPSA) is 57.1 Å². The van der Waals surface area contributed by atoms with Crippen LogP contribution in [-0.4, -0.2) is 25.6 Å². The predicted octanol–water partition coefficient (Wildman–Crippen LogP) is 5.74. The highest BCUT2D eigenvalue weighted by atomic mass is 79.9. The predicted molar refractivity (Wildman–Crippen MR) is 121 cm³/mol. The first-order valence-corrected chi connectivity index (χ1v) is 10.4. The molecule has 0 saturated carbocycles. The van der Waals surface area contributed by atoms with E-state index in [-0.39, 0.29) is 5.70 Å². The van der Waals surface area contributed by atoms with Crippen LogP contribution in [0.2, 0.25) is 0 Å². The van der Waals surface area contributed by atoms with E-state index in [2.05, 4.69) is 20.9 Å². The number of hydrogen-bond acceptors (Lipinski definition) is 5. The molecule has 0 N–H and O–H groups in total. The van der Waals surface area contributed by atoms with E-state index in [1.165, 1.54) is 0 Å². The highest BCUT2D eigenvalue weighted by molar-refractivity contribution is 9.10. The van der Waals surface area contributed by atoms with E-state index in [9.17, 15) is 4.79 Å². The third kappa shape index (κ3) is 4.09. The average molecular weight is 466 g/mol. The van der Waals surface area contributed by atoms with Gasteiger partial charge < -0.3 is 14.2 Å². The Balaban J connectivity index is 1.67. The van der Waals surface area contributed by atoms with Crippen LogP contribution in [0.5, 0.6) is 11.5 Å². The van der Waals surface area contributed by atoms with E-state index in [1.807, 2.05) is 55.5 Å². The lowest BCUT2D eigenvalue weighted by Gasteiger charge is -2.13. The summed E-state index contributed by atoms with van der Waals surface area (Å²) in [6.07, 6.45) is 2.56. The molecule has 0 aromatic heterocycles. The van der Waals surface area contributed by atoms with Crippen LogP contribution in [0.25, 0.3) is 16.8 Å². The summed E-state index contributed by atoms with van der Waals surface area (Å²) in [6, 6.07) is 17.5. The molecular formula is C24H20BrNO4. The normalized spacial score (nSPS) is 14.7. The van der Waals surface area contributed by atoms with Crippen LogP contribution in [0.3, 0.4) is 0 Å². The van der Waals surface area contributed by atoms with Crippen molar-refractivity contribution in [2.24, 2.45) is 4.99 Å². The van der Waals surface area contributed by atoms with Crippen LogP contribution in [0, 0.1) is 0 Å². The summed E-state index contributed by atoms with van der Waals surface area (Å²) in [5, 5.41) is 2.17. The minimum atomic E-state index is -0.487. The number of ether oxygens (including phenoxy) is 3. The Morgan fingerprint density at radius 2 is 1.90 bits per heavy atom. The first-order valence-electron chi connectivity index (χ1n) is 9.61. The second-order valence-corrected chi connectivity index (χ2v) is 7.63. The van der Waals surface area contributed by atoms with Crippen molar-refractivity contribution in [1.82, 2.24) is 0 Å². The Morgan fingerprint density at radius 1 is 1.10 bits per heavy atom. The number of carbonyl (C=O) groups is 1. The van der Waals surface area contributed by atoms with E-state index < -0.39 is 5.97 Å². The second kappa shape index (κ2) is 8.71. The monoisotopic (exact) mass is 465 g/mol. The molecule has 0 aliphatic carbocycles. The summed E-state index contributed by atoms with van der Waals surface area (Å²) >= 11 is 3.52. The van der Waals surface area contributed by atoms with Crippen molar-refractivity contribution in [2.45, 2.75) is 13.3 Å². The average Bonchev–Trinajstić information content (AvgIpc) is 3.12. The fourth-order valence-corrected chi connectivity index (χ4v) is 3.75. The van der Waals surface area contributed by atoms with Crippen LogP contribution in [-0.2, 0) is 9.53 Å². The zero-order chi connectivity index (χ0) is 21.1. The lowest BCUT2D eigenvalue weighted by Crippen LogP contribution is -2.05. The summed E-state index contributed by atoms with van der Waals surface area (Å²) in [5.74, 6) is 1.02. The Morgan fingerprint density at radius 3 is 2.67 bits per heavy atom. The van der Waals surface area contributed by atoms with E-state index >= 15 is 0 Å². The first kappa shape index (κ1) is 20.2. The van der Waals surface area contributed by atoms with Gasteiger partial charge in [0.2, 0.25) is 5.90 Å². The van der Waals surface area contributed by atoms with Gasteiger partial charge in [0.25, 0.3) is 0 Å². The molecule has 1 aliphatic rings. The summed E-state index contributed by atoms with van der Waals surface area (Å²) in [7, 11) is 1.58. The highest BCUT2D eigenvalue weighted by Crippen LogP contribution is 2.37. The van der Waals surface area contributed by atoms with Gasteiger partial charge in [-0.1, -0.05) is 37.3 Å². The Kier molecular flexibility index (Phi) is 5.86. The molecule has 0 bridgehead atoms. The number of methoxy groups -OCH3 is 1. The molecule has 6 heteroatoms. The third-order valence-electron chi connectivity index (χ3n) is 4.62. The molecule has 1 aliphatic heterocycles. The molecule has 5 nitrogen and oxygen atoms in total. The maximum absolute atomic E-state index is 12.4. The maximum Gasteiger partial charge on any atom is 0.363 e. The zero-order valence-corrected chi connectivity index (χ0v) is 18.2. The van der Waals surface area contributed by atoms with Crippen LogP contribution in [0.4, 0.5) is 0 Å². The molecule has 1 heterocycles. The largest absolute Gasteiger partial charge is 0.493 e. The van der Waals surface area contributed by atoms with Gasteiger partial charge >= 0.3 is 5.97 Å². The number of esters is 1. The van der Waals surface area contributed by atoms with Crippen LogP contribution in [0.1, 0.15) is 24.5 Å². The molecule has 30 heavy (non-hydrogen) atoms. The van der Waals surface area contributed by atoms with Gasteiger partial charge in [-0.25, -0.2) is 9.79 Å². The van der Waals surface area contributed by atoms with Crippen molar-refractivity contribution in [3.63, 3.8) is 0 Å². The van der Waals surface area contributed by atoms with Gasteiger partial charge in [0.05, 0.1) is 18.2 Å². The van der Waals surface area contributed by atoms with Crippen molar-refractivity contribution in [3.05, 3.63) is 75.9 Å². The summed E-state index contributed by atoms with van der Waals surface area (Å²) in [6.45, 7) is 2.62. The maximum atomic E-state index is 12.4. The first-order chi connectivity index (χ1) is 14.6. The smallest absolute Gasteiger partial charge is 0.363 e. The molecule has 0 amide bonds. The van der Waals surface area contributed by atoms with Crippen LogP contribution in [0.15, 0.2) is 69.8 Å². The van der Waals surface area contributed by atoms with E-state index in [1.54, 1.807) is 19.3 Å². The SMILES string of the molecule is CCCOc1c(Br)cc(/C=C2\N=C(c3ccc4ccccc4c3)OC2=O)cc1OC. The molecular weight excluding hydrogens is 446 g/mol. The Labute approximate surface area is 183 Å². The number of hydrogen-bond donors (Lipinski definition) is 0. The lowest BCUT2D eigenvalue weighted by molar-refractivity contribution is -0.129. The fourth-order valence-electron chi connectivity index (χ4n) is 3.18. The van der Waals surface area contributed by atoms with Gasteiger partial charge in [-0.3, -0.25) is 0 Å². The highest BCUT2D eigenvalue weighted by Gasteiger charge is 2.24. The minimum Gasteiger partial charge on any atom is -0.493 e. The second-order valence-electron chi connectivity index (χ2n) is 6.78. The van der Waals surface area contributed by atoms with Crippen LogP contribution < -0.4 is 9.47 Å². The van der Waals surface area contributed by atoms with Gasteiger partial charge in [-0.2, -0.15) is 0 Å². The van der Waals surface area contributed by atoms with Crippen molar-refractivity contribution < 1.29 is 19.0 Å². The quantitative estimate of drug-likeness (QED) is 0.343. The Bertz CT molecular complexity index is 1180. The van der Waals surface area contributed by atoms with Crippen molar-refractivity contribution in [2.75, 3.05) is 13.7 Å². The number of cyclic esters (lactones) is 1. The molecule has 0 spiro atoms. The molecule has 4 rings (SSSR count). The molecule has 152 valence electrons. The third-order valence-corrected chi connectivity index (χ3v) is 5.21. The number of rotatable bonds is 6. The fraction of sp³-hybridized carbons (Fsp3) is 0.167. The zero-order valence-electron chi connectivity index (χ0n) is 16.6. The lowest BCUT2D eigenvalue weighted by atomic mass is 10.1. The molecule has 0 unspecified atom stereocenters. The molecule has 3 aromatic rings. The van der Waals surface area contributed by atoms with Gasteiger partial charge in [0.1, 0.15) is 0 Å². The standard InChI is InChI=1S/C24H20BrNO4/c1-3-10-29-22-19(25)11-15(13-21(22)28-2)12-20-24(27)30-23(26-20)18-9-8-16-6-4-5-7-17(16)14-18/h4-9,11-14H,3,10H2,1-2H3/b20-12-. The molecule has 0 saturated heterocycles. The number of carbonyl (C=O) groups excluding carboxylic acids is 1. The van der Waals surface area contributed by atoms with E-state index in [0.29, 0.717) is 24.0 Å². The number of fused-ring (bicyclic) bond motifs is 1. The summed E-state index contributed by atoms with van der Waals surface area (Å²) in [5.41, 5.74) is 1.74. The van der Waals surface area contributed by atoms with Gasteiger partial charge in [0.15, 0.2) is 17.2 Å². The molecule has 0 atom stereocenters. The van der Waals surface area contributed by atoms with Crippen molar-refractivity contribution in [1.29, 1.82) is 0 Å². The van der Waals surface area contributed by atoms with E-state index in [0.717, 1.165) is 32.8 Å². The molecule has 0 radical (unpaired) electrons. The number of halogens is 1. The van der Waals surface area contributed by atoms with Crippen LogP contribution >= 0.6 is 15.9 Å². The minimum absolute atomic E-state index is 0.231. The summed E-state index contributed by atoms with van der Waals surface area (Å²) < 4.78 is 17.4. The van der Waals surface area contributed by atoms with Crippen molar-refractivity contribution in [3.8, 4) is 11.5 Å². The van der Waals surface area contributed by atoms with Crippen molar-refractivity contribution >= 4 is 44.6 Å². The number of nitrogens with zero attached hydrogens (tertiary/aromatic N) is 1. The molecule has 0 fully saturated rings. The van der Waals surface area contributed by atoms with E-state index in [4.69, 9.17) is 14.2 Å². The summed E-state index contributed by atoms with van der Waals surface area (Å²) in [4.78, 5) is 16.8. The number of aliphatic imine (C=N–C) groups is 1. The van der Waals surface area contributed by atoms with Gasteiger partial charge in [-0.05, 0) is 69.0 Å². The van der Waals surface area contributed by atoms with Gasteiger partial charge in [-0.15, -0.1) is 0 Å². The Hall–Kier alpha value is -3.12. The number of benzene rings is 3. The van der Waals surface area contributed by atoms with Gasteiger partial charge in [0, 0.05) is 5.56 Å².